The topological polar surface area (TPSA) is 66.2 Å². The van der Waals surface area contributed by atoms with E-state index in [1.54, 1.807) is 0 Å². The van der Waals surface area contributed by atoms with Crippen molar-refractivity contribution in [2.45, 2.75) is 61.2 Å². The highest BCUT2D eigenvalue weighted by Crippen LogP contribution is 2.28. The first-order valence-corrected chi connectivity index (χ1v) is 17.0. The number of aromatic nitrogens is 2. The third-order valence-corrected chi connectivity index (χ3v) is 8.11. The Morgan fingerprint density at radius 2 is 1.10 bits per heavy atom. The summed E-state index contributed by atoms with van der Waals surface area (Å²) in [5.41, 5.74) is 12.9. The Kier molecular flexibility index (Phi) is 12.8. The summed E-state index contributed by atoms with van der Waals surface area (Å²) in [5, 5.41) is 19.5. The van der Waals surface area contributed by atoms with Crippen LogP contribution in [-0.4, -0.2) is 27.1 Å². The summed E-state index contributed by atoms with van der Waals surface area (Å²) in [6.45, 7) is 18.4. The molecule has 4 nitrogen and oxygen atoms in total. The maximum atomic E-state index is 8.24. The molecule has 0 bridgehead atoms. The summed E-state index contributed by atoms with van der Waals surface area (Å²) in [7, 11) is -1.19. The lowest BCUT2D eigenvalue weighted by Crippen LogP contribution is -2.12. The Balaban J connectivity index is 0.000000183. The fraction of sp³-hybridized carbons (Fsp3) is 0.262. The molecule has 0 radical (unpaired) electrons. The lowest BCUT2D eigenvalue weighted by atomic mass is 9.80. The lowest BCUT2D eigenvalue weighted by molar-refractivity contribution is 0.398. The second kappa shape index (κ2) is 16.8. The minimum Gasteiger partial charge on any atom is -0.427 e. The summed E-state index contributed by atoms with van der Waals surface area (Å²) in [6.07, 6.45) is 1.46. The number of rotatable bonds is 6. The minimum atomic E-state index is -1.19. The van der Waals surface area contributed by atoms with Gasteiger partial charge < -0.3 is 10.0 Å². The zero-order valence-corrected chi connectivity index (χ0v) is 30.0. The summed E-state index contributed by atoms with van der Waals surface area (Å²) in [5.74, 6) is 0.782. The molecule has 0 aliphatic rings. The highest BCUT2D eigenvalue weighted by Gasteiger charge is 2.12. The fourth-order valence-electron chi connectivity index (χ4n) is 5.88. The molecule has 2 aromatic heterocycles. The molecular formula is C42H47BClN2O2+. The minimum absolute atomic E-state index is 0.125. The van der Waals surface area contributed by atoms with Crippen LogP contribution in [0.25, 0.3) is 44.3 Å². The second-order valence-corrected chi connectivity index (χ2v) is 13.8. The Morgan fingerprint density at radius 1 is 0.646 bits per heavy atom. The van der Waals surface area contributed by atoms with Crippen LogP contribution in [0.1, 0.15) is 48.6 Å². The van der Waals surface area contributed by atoms with E-state index in [9.17, 15) is 0 Å². The maximum Gasteiger partial charge on any atom is 0.456 e. The Labute approximate surface area is 292 Å². The van der Waals surface area contributed by atoms with Crippen molar-refractivity contribution in [2.75, 3.05) is 0 Å². The van der Waals surface area contributed by atoms with Gasteiger partial charge in [-0.25, -0.2) is 9.97 Å². The number of hydrogen-bond acceptors (Lipinski definition) is 4. The fourth-order valence-corrected chi connectivity index (χ4v) is 6.11. The SMILES string of the molecule is Cc1cc(C)cc(-c2ccc3c(CC(C)C)cccc3n2)c1.Cc1cc(C)cc(-c2ccc3c(Cl)cccc3n2)c1.[CH2+]C(C)CB(O)O. The molecule has 2 N–H and O–H groups in total. The van der Waals surface area contributed by atoms with Gasteiger partial charge in [0.15, 0.2) is 0 Å². The van der Waals surface area contributed by atoms with Crippen molar-refractivity contribution in [3.63, 3.8) is 0 Å². The predicted octanol–water partition coefficient (Wildman–Crippen LogP) is 10.8. The van der Waals surface area contributed by atoms with Crippen LogP contribution in [0.4, 0.5) is 0 Å². The molecule has 48 heavy (non-hydrogen) atoms. The van der Waals surface area contributed by atoms with Crippen LogP contribution in [0.3, 0.4) is 0 Å². The van der Waals surface area contributed by atoms with Gasteiger partial charge in [0.05, 0.1) is 35.3 Å². The average Bonchev–Trinajstić information content (AvgIpc) is 3.00. The molecule has 6 heteroatoms. The van der Waals surface area contributed by atoms with Gasteiger partial charge in [-0.2, -0.15) is 0 Å². The van der Waals surface area contributed by atoms with E-state index in [4.69, 9.17) is 31.6 Å². The van der Waals surface area contributed by atoms with Gasteiger partial charge in [-0.15, -0.1) is 0 Å². The van der Waals surface area contributed by atoms with Crippen LogP contribution < -0.4 is 0 Å². The Hall–Kier alpha value is -4.16. The number of pyridine rings is 2. The van der Waals surface area contributed by atoms with Crippen molar-refractivity contribution < 1.29 is 10.0 Å². The van der Waals surface area contributed by atoms with Crippen molar-refractivity contribution >= 4 is 40.5 Å². The average molecular weight is 658 g/mol. The molecule has 0 fully saturated rings. The molecule has 0 amide bonds. The molecule has 4 aromatic carbocycles. The van der Waals surface area contributed by atoms with Crippen LogP contribution >= 0.6 is 11.6 Å². The normalized spacial score (nSPS) is 11.5. The standard InChI is InChI=1S/C21H23N.C17H14ClN.C4H10BO2/c1-14(2)10-17-6-5-7-21-19(17)8-9-20(22-21)18-12-15(3)11-16(4)13-18;1-11-8-12(2)10-13(9-11)16-7-6-14-15(18)4-3-5-17(14)19-16;1-4(2)3-5(6)7/h5-9,11-14H,10H2,1-4H3;3-10H,1-2H3;4,6-7H,1,3H2,2H3/q;;+1. The van der Waals surface area contributed by atoms with E-state index in [0.717, 1.165) is 44.8 Å². The first-order valence-electron chi connectivity index (χ1n) is 16.6. The van der Waals surface area contributed by atoms with Crippen LogP contribution in [-0.2, 0) is 6.42 Å². The zero-order valence-electron chi connectivity index (χ0n) is 29.3. The van der Waals surface area contributed by atoms with Crippen LogP contribution in [0, 0.1) is 46.5 Å². The van der Waals surface area contributed by atoms with Crippen molar-refractivity contribution in [1.82, 2.24) is 9.97 Å². The van der Waals surface area contributed by atoms with E-state index >= 15 is 0 Å². The van der Waals surface area contributed by atoms with E-state index in [-0.39, 0.29) is 5.92 Å². The first-order chi connectivity index (χ1) is 22.8. The highest BCUT2D eigenvalue weighted by atomic mass is 35.5. The molecule has 6 rings (SSSR count). The molecule has 0 spiro atoms. The molecule has 0 saturated heterocycles. The quantitative estimate of drug-likeness (QED) is 0.138. The lowest BCUT2D eigenvalue weighted by Gasteiger charge is -2.10. The van der Waals surface area contributed by atoms with Gasteiger partial charge in [-0.3, -0.25) is 0 Å². The van der Waals surface area contributed by atoms with Crippen LogP contribution in [0.2, 0.25) is 11.3 Å². The Bertz CT molecular complexity index is 1940. The predicted molar refractivity (Wildman–Crippen MR) is 206 cm³/mol. The van der Waals surface area contributed by atoms with Gasteiger partial charge in [0.2, 0.25) is 0 Å². The van der Waals surface area contributed by atoms with E-state index in [1.165, 1.54) is 38.8 Å². The van der Waals surface area contributed by atoms with Crippen molar-refractivity contribution in [2.24, 2.45) is 11.8 Å². The Morgan fingerprint density at radius 3 is 1.54 bits per heavy atom. The number of halogens is 1. The second-order valence-electron chi connectivity index (χ2n) is 13.4. The highest BCUT2D eigenvalue weighted by molar-refractivity contribution is 6.41. The van der Waals surface area contributed by atoms with E-state index in [2.05, 4.69) is 115 Å². The molecule has 0 aliphatic heterocycles. The van der Waals surface area contributed by atoms with Gasteiger partial charge in [0.25, 0.3) is 0 Å². The molecule has 1 atom stereocenters. The number of fused-ring (bicyclic) bond motifs is 2. The summed E-state index contributed by atoms with van der Waals surface area (Å²) in [4.78, 5) is 9.60. The van der Waals surface area contributed by atoms with Gasteiger partial charge >= 0.3 is 7.12 Å². The molecule has 0 saturated carbocycles. The van der Waals surface area contributed by atoms with Gasteiger partial charge in [-0.05, 0) is 113 Å². The summed E-state index contributed by atoms with van der Waals surface area (Å²) >= 11 is 6.17. The first kappa shape index (κ1) is 36.7. The van der Waals surface area contributed by atoms with E-state index in [0.29, 0.717) is 12.2 Å². The third-order valence-electron chi connectivity index (χ3n) is 7.78. The number of benzene rings is 4. The summed E-state index contributed by atoms with van der Waals surface area (Å²) < 4.78 is 0. The van der Waals surface area contributed by atoms with Crippen molar-refractivity contribution in [3.8, 4) is 22.5 Å². The van der Waals surface area contributed by atoms with E-state index < -0.39 is 7.12 Å². The van der Waals surface area contributed by atoms with Crippen LogP contribution in [0.15, 0.2) is 97.1 Å². The van der Waals surface area contributed by atoms with Crippen LogP contribution in [0.5, 0.6) is 0 Å². The molecule has 246 valence electrons. The largest absolute Gasteiger partial charge is 0.456 e. The van der Waals surface area contributed by atoms with E-state index in [1.807, 2.05) is 37.3 Å². The van der Waals surface area contributed by atoms with Gasteiger partial charge in [0.1, 0.15) is 0 Å². The number of hydrogen-bond donors (Lipinski definition) is 2. The van der Waals surface area contributed by atoms with Crippen molar-refractivity contribution in [1.29, 1.82) is 0 Å². The molecule has 1 unspecified atom stereocenters. The molecule has 6 aromatic rings. The molecule has 2 heterocycles. The number of nitrogens with zero attached hydrogens (tertiary/aromatic N) is 2. The molecule has 0 aliphatic carbocycles. The monoisotopic (exact) mass is 657 g/mol. The molecular weight excluding hydrogens is 611 g/mol. The van der Waals surface area contributed by atoms with Gasteiger partial charge in [-0.1, -0.05) is 84.1 Å². The maximum absolute atomic E-state index is 8.24. The van der Waals surface area contributed by atoms with Gasteiger partial charge in [0, 0.05) is 33.2 Å². The number of aryl methyl sites for hydroxylation is 4. The smallest absolute Gasteiger partial charge is 0.427 e. The zero-order chi connectivity index (χ0) is 35.0. The van der Waals surface area contributed by atoms with Crippen molar-refractivity contribution in [3.05, 3.63) is 137 Å². The third kappa shape index (κ3) is 10.4. The summed E-state index contributed by atoms with van der Waals surface area (Å²) in [6, 6.07) is 33.8.